The second kappa shape index (κ2) is 3.27. The van der Waals surface area contributed by atoms with Crippen LogP contribution in [0.3, 0.4) is 0 Å². The van der Waals surface area contributed by atoms with E-state index in [1.165, 1.54) is 0 Å². The second-order valence-electron chi connectivity index (χ2n) is 2.94. The number of rotatable bonds is 2. The summed E-state index contributed by atoms with van der Waals surface area (Å²) in [5.74, 6) is 0. The zero-order valence-electron chi connectivity index (χ0n) is 7.20. The standard InChI is InChI=1S/C11H10ClN/c1-2-7-13-8-10(12)9-5-3-4-6-11(9)13/h2-6,8H,1,7H2. The van der Waals surface area contributed by atoms with Gasteiger partial charge in [0, 0.05) is 23.6 Å². The van der Waals surface area contributed by atoms with Gasteiger partial charge in [0.05, 0.1) is 5.02 Å². The van der Waals surface area contributed by atoms with Crippen molar-refractivity contribution in [1.29, 1.82) is 0 Å². The fourth-order valence-corrected chi connectivity index (χ4v) is 1.77. The number of fused-ring (bicyclic) bond motifs is 1. The van der Waals surface area contributed by atoms with Crippen LogP contribution in [0.4, 0.5) is 0 Å². The Morgan fingerprint density at radius 3 is 2.92 bits per heavy atom. The lowest BCUT2D eigenvalue weighted by Crippen LogP contribution is -1.90. The van der Waals surface area contributed by atoms with Gasteiger partial charge < -0.3 is 4.57 Å². The molecule has 0 aliphatic carbocycles. The summed E-state index contributed by atoms with van der Waals surface area (Å²) >= 11 is 6.06. The summed E-state index contributed by atoms with van der Waals surface area (Å²) in [6, 6.07) is 8.09. The Balaban J connectivity index is 2.70. The van der Waals surface area contributed by atoms with Crippen LogP contribution in [0.5, 0.6) is 0 Å². The number of allylic oxidation sites excluding steroid dienone is 1. The van der Waals surface area contributed by atoms with Gasteiger partial charge >= 0.3 is 0 Å². The van der Waals surface area contributed by atoms with E-state index in [-0.39, 0.29) is 0 Å². The molecule has 66 valence electrons. The Labute approximate surface area is 82.2 Å². The number of hydrogen-bond donors (Lipinski definition) is 0. The minimum absolute atomic E-state index is 0.799. The van der Waals surface area contributed by atoms with E-state index in [2.05, 4.69) is 17.2 Å². The van der Waals surface area contributed by atoms with Crippen LogP contribution < -0.4 is 0 Å². The van der Waals surface area contributed by atoms with E-state index < -0.39 is 0 Å². The van der Waals surface area contributed by atoms with Gasteiger partial charge in [0.1, 0.15) is 0 Å². The van der Waals surface area contributed by atoms with Gasteiger partial charge in [0.15, 0.2) is 0 Å². The van der Waals surface area contributed by atoms with Gasteiger partial charge in [-0.25, -0.2) is 0 Å². The number of aromatic nitrogens is 1. The average molecular weight is 192 g/mol. The maximum atomic E-state index is 6.06. The van der Waals surface area contributed by atoms with Crippen molar-refractivity contribution in [3.63, 3.8) is 0 Å². The van der Waals surface area contributed by atoms with Crippen molar-refractivity contribution in [1.82, 2.24) is 4.57 Å². The van der Waals surface area contributed by atoms with Gasteiger partial charge in [-0.05, 0) is 6.07 Å². The molecule has 0 spiro atoms. The molecular formula is C11H10ClN. The zero-order chi connectivity index (χ0) is 9.26. The molecule has 1 aromatic heterocycles. The molecule has 0 fully saturated rings. The molecule has 1 heterocycles. The molecule has 0 atom stereocenters. The van der Waals surface area contributed by atoms with E-state index in [4.69, 9.17) is 11.6 Å². The molecule has 0 aliphatic heterocycles. The third-order valence-electron chi connectivity index (χ3n) is 2.07. The van der Waals surface area contributed by atoms with Crippen LogP contribution in [0, 0.1) is 0 Å². The molecule has 0 bridgehead atoms. The third kappa shape index (κ3) is 1.36. The molecule has 2 heteroatoms. The van der Waals surface area contributed by atoms with E-state index in [0.29, 0.717) is 0 Å². The number of benzene rings is 1. The number of para-hydroxylation sites is 1. The zero-order valence-corrected chi connectivity index (χ0v) is 7.96. The Hall–Kier alpha value is -1.21. The molecule has 2 aromatic rings. The molecule has 13 heavy (non-hydrogen) atoms. The van der Waals surface area contributed by atoms with Crippen LogP contribution in [-0.2, 0) is 6.54 Å². The molecule has 0 aliphatic rings. The molecule has 0 unspecified atom stereocenters. The van der Waals surface area contributed by atoms with E-state index >= 15 is 0 Å². The van der Waals surface area contributed by atoms with Gasteiger partial charge in [-0.15, -0.1) is 6.58 Å². The number of halogens is 1. The molecule has 0 radical (unpaired) electrons. The quantitative estimate of drug-likeness (QED) is 0.641. The van der Waals surface area contributed by atoms with E-state index in [0.717, 1.165) is 22.5 Å². The maximum Gasteiger partial charge on any atom is 0.0661 e. The fourth-order valence-electron chi connectivity index (χ4n) is 1.49. The van der Waals surface area contributed by atoms with Gasteiger partial charge in [0.2, 0.25) is 0 Å². The summed E-state index contributed by atoms with van der Waals surface area (Å²) in [7, 11) is 0. The highest BCUT2D eigenvalue weighted by molar-refractivity contribution is 6.35. The van der Waals surface area contributed by atoms with E-state index in [1.54, 1.807) is 0 Å². The SMILES string of the molecule is C=CCn1cc(Cl)c2ccccc21. The topological polar surface area (TPSA) is 4.93 Å². The summed E-state index contributed by atoms with van der Waals surface area (Å²) < 4.78 is 2.09. The Morgan fingerprint density at radius 1 is 1.38 bits per heavy atom. The highest BCUT2D eigenvalue weighted by atomic mass is 35.5. The molecule has 0 amide bonds. The molecule has 0 N–H and O–H groups in total. The molecule has 1 aromatic carbocycles. The minimum atomic E-state index is 0.799. The largest absolute Gasteiger partial charge is 0.342 e. The van der Waals surface area contributed by atoms with Crippen molar-refractivity contribution in [2.45, 2.75) is 6.54 Å². The van der Waals surface area contributed by atoms with Gasteiger partial charge in [0.25, 0.3) is 0 Å². The summed E-state index contributed by atoms with van der Waals surface area (Å²) in [5, 5.41) is 1.91. The number of nitrogens with zero attached hydrogens (tertiary/aromatic N) is 1. The summed E-state index contributed by atoms with van der Waals surface area (Å²) in [6.45, 7) is 4.51. The highest BCUT2D eigenvalue weighted by Crippen LogP contribution is 2.25. The van der Waals surface area contributed by atoms with Crippen LogP contribution in [-0.4, -0.2) is 4.57 Å². The lowest BCUT2D eigenvalue weighted by molar-refractivity contribution is 0.866. The molecule has 0 saturated heterocycles. The summed E-state index contributed by atoms with van der Waals surface area (Å²) in [5.41, 5.74) is 1.16. The summed E-state index contributed by atoms with van der Waals surface area (Å²) in [4.78, 5) is 0. The van der Waals surface area contributed by atoms with Crippen LogP contribution in [0.1, 0.15) is 0 Å². The third-order valence-corrected chi connectivity index (χ3v) is 2.37. The Morgan fingerprint density at radius 2 is 2.15 bits per heavy atom. The van der Waals surface area contributed by atoms with Crippen molar-refractivity contribution in [3.8, 4) is 0 Å². The predicted molar refractivity (Wildman–Crippen MR) is 57.1 cm³/mol. The van der Waals surface area contributed by atoms with Crippen molar-refractivity contribution in [2.24, 2.45) is 0 Å². The lowest BCUT2D eigenvalue weighted by atomic mass is 10.2. The second-order valence-corrected chi connectivity index (χ2v) is 3.34. The van der Waals surface area contributed by atoms with Crippen LogP contribution in [0.2, 0.25) is 5.02 Å². The van der Waals surface area contributed by atoms with Crippen molar-refractivity contribution in [2.75, 3.05) is 0 Å². The lowest BCUT2D eigenvalue weighted by Gasteiger charge is -1.98. The van der Waals surface area contributed by atoms with Gasteiger partial charge in [-0.1, -0.05) is 35.9 Å². The Bertz CT molecular complexity index is 442. The number of hydrogen-bond acceptors (Lipinski definition) is 0. The first kappa shape index (κ1) is 8.39. The molecule has 2 rings (SSSR count). The molecule has 0 saturated carbocycles. The smallest absolute Gasteiger partial charge is 0.0661 e. The first-order valence-corrected chi connectivity index (χ1v) is 4.55. The fraction of sp³-hybridized carbons (Fsp3) is 0.0909. The van der Waals surface area contributed by atoms with Gasteiger partial charge in [-0.3, -0.25) is 0 Å². The predicted octanol–water partition coefficient (Wildman–Crippen LogP) is 3.48. The van der Waals surface area contributed by atoms with Crippen LogP contribution >= 0.6 is 11.6 Å². The molecular weight excluding hydrogens is 182 g/mol. The van der Waals surface area contributed by atoms with E-state index in [9.17, 15) is 0 Å². The van der Waals surface area contributed by atoms with E-state index in [1.807, 2.05) is 30.5 Å². The van der Waals surface area contributed by atoms with Crippen molar-refractivity contribution < 1.29 is 0 Å². The average Bonchev–Trinajstić information content (AvgIpc) is 2.46. The molecule has 1 nitrogen and oxygen atoms in total. The minimum Gasteiger partial charge on any atom is -0.342 e. The maximum absolute atomic E-state index is 6.06. The first-order chi connectivity index (χ1) is 6.33. The Kier molecular flexibility index (Phi) is 2.11. The first-order valence-electron chi connectivity index (χ1n) is 4.17. The van der Waals surface area contributed by atoms with Crippen molar-refractivity contribution in [3.05, 3.63) is 48.1 Å². The van der Waals surface area contributed by atoms with Crippen LogP contribution in [0.15, 0.2) is 43.1 Å². The monoisotopic (exact) mass is 191 g/mol. The summed E-state index contributed by atoms with van der Waals surface area (Å²) in [6.07, 6.45) is 3.80. The normalized spacial score (nSPS) is 10.5. The van der Waals surface area contributed by atoms with Crippen LogP contribution in [0.25, 0.3) is 10.9 Å². The highest BCUT2D eigenvalue weighted by Gasteiger charge is 2.03. The van der Waals surface area contributed by atoms with Gasteiger partial charge in [-0.2, -0.15) is 0 Å². The van der Waals surface area contributed by atoms with Crippen molar-refractivity contribution >= 4 is 22.5 Å².